The van der Waals surface area contributed by atoms with E-state index >= 15 is 0 Å². The maximum atomic E-state index is 13.2. The molecule has 0 bridgehead atoms. The summed E-state index contributed by atoms with van der Waals surface area (Å²) >= 11 is 0. The molecule has 0 atom stereocenters. The molecule has 1 N–H and O–H groups in total. The summed E-state index contributed by atoms with van der Waals surface area (Å²) < 4.78 is 18.5. The number of rotatable bonds is 3. The predicted octanol–water partition coefficient (Wildman–Crippen LogP) is 1.99. The second-order valence-corrected chi connectivity index (χ2v) is 4.09. The summed E-state index contributed by atoms with van der Waals surface area (Å²) in [5.41, 5.74) is -0.899. The van der Waals surface area contributed by atoms with Crippen molar-refractivity contribution in [3.05, 3.63) is 29.6 Å². The molecule has 0 unspecified atom stereocenters. The first-order valence-electron chi connectivity index (χ1n) is 5.18. The van der Waals surface area contributed by atoms with E-state index in [1.54, 1.807) is 6.07 Å². The van der Waals surface area contributed by atoms with Crippen molar-refractivity contribution in [1.29, 1.82) is 5.26 Å². The number of hydrogen-bond donors (Lipinski definition) is 1. The molecule has 0 spiro atoms. The molecule has 0 saturated heterocycles. The van der Waals surface area contributed by atoms with E-state index in [1.165, 1.54) is 18.2 Å². The molecule has 1 fully saturated rings. The van der Waals surface area contributed by atoms with Crippen molar-refractivity contribution in [3.63, 3.8) is 0 Å². The smallest absolute Gasteiger partial charge is 0.144 e. The maximum Gasteiger partial charge on any atom is 0.144 e. The third-order valence-electron chi connectivity index (χ3n) is 2.87. The van der Waals surface area contributed by atoms with Crippen molar-refractivity contribution in [2.75, 3.05) is 6.61 Å². The lowest BCUT2D eigenvalue weighted by Gasteiger charge is -2.36. The summed E-state index contributed by atoms with van der Waals surface area (Å²) in [5.74, 6) is -0.400. The highest BCUT2D eigenvalue weighted by atomic mass is 19.1. The van der Waals surface area contributed by atoms with Gasteiger partial charge in [0, 0.05) is 0 Å². The molecule has 84 valence electrons. The molecule has 0 radical (unpaired) electrons. The van der Waals surface area contributed by atoms with E-state index < -0.39 is 11.4 Å². The SMILES string of the molecule is N#Cc1c(F)cccc1OCC1(O)CCC1. The fourth-order valence-electron chi connectivity index (χ4n) is 1.67. The molecule has 3 nitrogen and oxygen atoms in total. The normalized spacial score (nSPS) is 17.3. The molecule has 1 aliphatic rings. The molecule has 0 aliphatic heterocycles. The minimum Gasteiger partial charge on any atom is -0.489 e. The van der Waals surface area contributed by atoms with Crippen LogP contribution in [0.25, 0.3) is 0 Å². The van der Waals surface area contributed by atoms with Gasteiger partial charge in [0.25, 0.3) is 0 Å². The summed E-state index contributed by atoms with van der Waals surface area (Å²) in [5, 5.41) is 18.6. The standard InChI is InChI=1S/C12H12FNO2/c13-10-3-1-4-11(9(10)7-14)16-8-12(15)5-2-6-12/h1,3-4,15H,2,5-6,8H2. The topological polar surface area (TPSA) is 53.2 Å². The molecular formula is C12H12FNO2. The van der Waals surface area contributed by atoms with E-state index in [0.29, 0.717) is 12.8 Å². The summed E-state index contributed by atoms with van der Waals surface area (Å²) in [6.45, 7) is 0.116. The number of nitrogens with zero attached hydrogens (tertiary/aromatic N) is 1. The van der Waals surface area contributed by atoms with Crippen molar-refractivity contribution in [2.45, 2.75) is 24.9 Å². The second-order valence-electron chi connectivity index (χ2n) is 4.09. The molecule has 0 heterocycles. The lowest BCUT2D eigenvalue weighted by atomic mass is 9.81. The molecule has 1 saturated carbocycles. The van der Waals surface area contributed by atoms with Crippen molar-refractivity contribution in [3.8, 4) is 11.8 Å². The van der Waals surface area contributed by atoms with Crippen LogP contribution in [-0.2, 0) is 0 Å². The lowest BCUT2D eigenvalue weighted by molar-refractivity contribution is -0.0664. The van der Waals surface area contributed by atoms with Gasteiger partial charge in [0.2, 0.25) is 0 Å². The van der Waals surface area contributed by atoms with Gasteiger partial charge in [0.05, 0.1) is 5.60 Å². The van der Waals surface area contributed by atoms with Gasteiger partial charge < -0.3 is 9.84 Å². The number of nitriles is 1. The minimum absolute atomic E-state index is 0.106. The minimum atomic E-state index is -0.793. The lowest BCUT2D eigenvalue weighted by Crippen LogP contribution is -2.42. The van der Waals surface area contributed by atoms with Crippen LogP contribution in [0.2, 0.25) is 0 Å². The van der Waals surface area contributed by atoms with Gasteiger partial charge in [-0.15, -0.1) is 0 Å². The third-order valence-corrected chi connectivity index (χ3v) is 2.87. The van der Waals surface area contributed by atoms with E-state index in [-0.39, 0.29) is 17.9 Å². The first-order valence-corrected chi connectivity index (χ1v) is 5.18. The highest BCUT2D eigenvalue weighted by Gasteiger charge is 2.35. The Balaban J connectivity index is 2.10. The van der Waals surface area contributed by atoms with E-state index in [4.69, 9.17) is 10.00 Å². The zero-order chi connectivity index (χ0) is 11.6. The molecule has 1 aromatic rings. The number of aliphatic hydroxyl groups is 1. The fraction of sp³-hybridized carbons (Fsp3) is 0.417. The number of ether oxygens (including phenoxy) is 1. The average Bonchev–Trinajstić information content (AvgIpc) is 2.24. The van der Waals surface area contributed by atoms with Crippen LogP contribution < -0.4 is 4.74 Å². The number of hydrogen-bond acceptors (Lipinski definition) is 3. The fourth-order valence-corrected chi connectivity index (χ4v) is 1.67. The Morgan fingerprint density at radius 2 is 2.25 bits per heavy atom. The summed E-state index contributed by atoms with van der Waals surface area (Å²) in [6, 6.07) is 5.98. The number of benzene rings is 1. The second kappa shape index (κ2) is 4.11. The average molecular weight is 221 g/mol. The monoisotopic (exact) mass is 221 g/mol. The zero-order valence-corrected chi connectivity index (χ0v) is 8.74. The van der Waals surface area contributed by atoms with Crippen LogP contribution in [0.4, 0.5) is 4.39 Å². The van der Waals surface area contributed by atoms with Gasteiger partial charge >= 0.3 is 0 Å². The largest absolute Gasteiger partial charge is 0.489 e. The predicted molar refractivity (Wildman–Crippen MR) is 55.4 cm³/mol. The first kappa shape index (κ1) is 10.9. The Bertz CT molecular complexity index is 435. The van der Waals surface area contributed by atoms with Crippen LogP contribution in [0, 0.1) is 17.1 Å². The van der Waals surface area contributed by atoms with Crippen LogP contribution in [0.5, 0.6) is 5.75 Å². The molecule has 2 rings (SSSR count). The van der Waals surface area contributed by atoms with E-state index in [9.17, 15) is 9.50 Å². The Hall–Kier alpha value is -1.60. The summed E-state index contributed by atoms with van der Waals surface area (Å²) in [6.07, 6.45) is 2.38. The summed E-state index contributed by atoms with van der Waals surface area (Å²) in [7, 11) is 0. The highest BCUT2D eigenvalue weighted by Crippen LogP contribution is 2.32. The molecule has 1 aromatic carbocycles. The maximum absolute atomic E-state index is 13.2. The van der Waals surface area contributed by atoms with Crippen molar-refractivity contribution in [2.24, 2.45) is 0 Å². The Labute approximate surface area is 93.1 Å². The van der Waals surface area contributed by atoms with Gasteiger partial charge in [-0.1, -0.05) is 6.07 Å². The molecule has 1 aliphatic carbocycles. The number of halogens is 1. The molecule has 0 amide bonds. The summed E-state index contributed by atoms with van der Waals surface area (Å²) in [4.78, 5) is 0. The van der Waals surface area contributed by atoms with Gasteiger partial charge in [-0.2, -0.15) is 5.26 Å². The van der Waals surface area contributed by atoms with Gasteiger partial charge in [-0.25, -0.2) is 4.39 Å². The molecule has 4 heteroatoms. The first-order chi connectivity index (χ1) is 7.64. The molecule has 0 aromatic heterocycles. The van der Waals surface area contributed by atoms with Gasteiger partial charge in [-0.05, 0) is 31.4 Å². The van der Waals surface area contributed by atoms with E-state index in [0.717, 1.165) is 6.42 Å². The quantitative estimate of drug-likeness (QED) is 0.849. The van der Waals surface area contributed by atoms with Crippen molar-refractivity contribution < 1.29 is 14.2 Å². The highest BCUT2D eigenvalue weighted by molar-refractivity contribution is 5.43. The van der Waals surface area contributed by atoms with Crippen LogP contribution in [0.3, 0.4) is 0 Å². The third kappa shape index (κ3) is 2.00. The van der Waals surface area contributed by atoms with Gasteiger partial charge in [0.1, 0.15) is 29.8 Å². The molecular weight excluding hydrogens is 209 g/mol. The zero-order valence-electron chi connectivity index (χ0n) is 8.74. The van der Waals surface area contributed by atoms with Crippen LogP contribution in [0.15, 0.2) is 18.2 Å². The van der Waals surface area contributed by atoms with E-state index in [1.807, 2.05) is 0 Å². The Morgan fingerprint density at radius 1 is 1.50 bits per heavy atom. The Morgan fingerprint density at radius 3 is 2.81 bits per heavy atom. The van der Waals surface area contributed by atoms with Crippen LogP contribution in [0.1, 0.15) is 24.8 Å². The van der Waals surface area contributed by atoms with Crippen LogP contribution in [-0.4, -0.2) is 17.3 Å². The Kier molecular flexibility index (Phi) is 2.80. The van der Waals surface area contributed by atoms with Gasteiger partial charge in [0.15, 0.2) is 0 Å². The van der Waals surface area contributed by atoms with E-state index in [2.05, 4.69) is 0 Å². The van der Waals surface area contributed by atoms with Crippen molar-refractivity contribution >= 4 is 0 Å². The van der Waals surface area contributed by atoms with Crippen molar-refractivity contribution in [1.82, 2.24) is 0 Å². The molecule has 16 heavy (non-hydrogen) atoms. The van der Waals surface area contributed by atoms with Crippen LogP contribution >= 0.6 is 0 Å². The van der Waals surface area contributed by atoms with Gasteiger partial charge in [-0.3, -0.25) is 0 Å².